The molecule has 1 unspecified atom stereocenters. The Bertz CT molecular complexity index is 581. The maximum atomic E-state index is 11.8. The van der Waals surface area contributed by atoms with Crippen LogP contribution in [0.3, 0.4) is 0 Å². The number of benzene rings is 1. The first kappa shape index (κ1) is 16.7. The molecule has 7 heteroatoms. The standard InChI is InChI=1S/C13H16ClNO4S/c1-3-19-13(16)10(2)15-20(17,18)9-8-11-4-6-12(14)7-5-11/h4-10,15H,3H2,1-2H3. The molecule has 0 fully saturated rings. The highest BCUT2D eigenvalue weighted by Crippen LogP contribution is 2.11. The van der Waals surface area contributed by atoms with Crippen molar-refractivity contribution in [1.29, 1.82) is 0 Å². The van der Waals surface area contributed by atoms with Gasteiger partial charge in [0.15, 0.2) is 0 Å². The number of esters is 1. The molecule has 0 amide bonds. The second-order valence-electron chi connectivity index (χ2n) is 3.99. The molecule has 1 aromatic carbocycles. The predicted octanol–water partition coefficient (Wildman–Crippen LogP) is 2.18. The maximum absolute atomic E-state index is 11.8. The van der Waals surface area contributed by atoms with Crippen molar-refractivity contribution in [3.63, 3.8) is 0 Å². The highest BCUT2D eigenvalue weighted by molar-refractivity contribution is 7.92. The fraction of sp³-hybridized carbons (Fsp3) is 0.308. The van der Waals surface area contributed by atoms with Crippen LogP contribution < -0.4 is 4.72 Å². The van der Waals surface area contributed by atoms with Crippen LogP contribution in [-0.2, 0) is 19.6 Å². The zero-order valence-electron chi connectivity index (χ0n) is 11.2. The molecule has 0 radical (unpaired) electrons. The number of rotatable bonds is 6. The Labute approximate surface area is 123 Å². The largest absolute Gasteiger partial charge is 0.465 e. The Kier molecular flexibility index (Phi) is 6.19. The number of hydrogen-bond donors (Lipinski definition) is 1. The minimum Gasteiger partial charge on any atom is -0.465 e. The summed E-state index contributed by atoms with van der Waals surface area (Å²) in [4.78, 5) is 11.3. The molecular weight excluding hydrogens is 302 g/mol. The molecule has 1 rings (SSSR count). The quantitative estimate of drug-likeness (QED) is 0.816. The summed E-state index contributed by atoms with van der Waals surface area (Å²) < 4.78 is 30.4. The number of hydrogen-bond acceptors (Lipinski definition) is 4. The van der Waals surface area contributed by atoms with Crippen LogP contribution in [0, 0.1) is 0 Å². The van der Waals surface area contributed by atoms with Gasteiger partial charge in [-0.25, -0.2) is 8.42 Å². The molecule has 0 heterocycles. The minimum atomic E-state index is -3.72. The molecule has 0 bridgehead atoms. The summed E-state index contributed by atoms with van der Waals surface area (Å²) in [6.07, 6.45) is 1.41. The van der Waals surface area contributed by atoms with Crippen molar-refractivity contribution in [3.8, 4) is 0 Å². The third kappa shape index (κ3) is 5.73. The molecule has 0 aliphatic rings. The number of sulfonamides is 1. The molecule has 5 nitrogen and oxygen atoms in total. The first-order valence-electron chi connectivity index (χ1n) is 5.96. The zero-order chi connectivity index (χ0) is 15.2. The zero-order valence-corrected chi connectivity index (χ0v) is 12.7. The summed E-state index contributed by atoms with van der Waals surface area (Å²) in [5.41, 5.74) is 0.684. The lowest BCUT2D eigenvalue weighted by atomic mass is 10.2. The smallest absolute Gasteiger partial charge is 0.323 e. The summed E-state index contributed by atoms with van der Waals surface area (Å²) in [5, 5.41) is 1.56. The van der Waals surface area contributed by atoms with Crippen molar-refractivity contribution in [2.45, 2.75) is 19.9 Å². The number of carbonyl (C=O) groups excluding carboxylic acids is 1. The molecule has 0 spiro atoms. The normalized spacial score (nSPS) is 13.3. The van der Waals surface area contributed by atoms with Crippen molar-refractivity contribution in [1.82, 2.24) is 4.72 Å². The van der Waals surface area contributed by atoms with Gasteiger partial charge in [-0.15, -0.1) is 0 Å². The summed E-state index contributed by atoms with van der Waals surface area (Å²) >= 11 is 5.73. The average Bonchev–Trinajstić information content (AvgIpc) is 2.38. The highest BCUT2D eigenvalue weighted by atomic mass is 35.5. The molecule has 0 aliphatic carbocycles. The lowest BCUT2D eigenvalue weighted by molar-refractivity contribution is -0.144. The molecule has 0 saturated carbocycles. The highest BCUT2D eigenvalue weighted by Gasteiger charge is 2.19. The Morgan fingerprint density at radius 3 is 2.55 bits per heavy atom. The van der Waals surface area contributed by atoms with Gasteiger partial charge in [0.1, 0.15) is 6.04 Å². The van der Waals surface area contributed by atoms with Gasteiger partial charge in [0.2, 0.25) is 10.0 Å². The molecule has 0 saturated heterocycles. The Balaban J connectivity index is 2.70. The SMILES string of the molecule is CCOC(=O)C(C)NS(=O)(=O)C=Cc1ccc(Cl)cc1. The lowest BCUT2D eigenvalue weighted by Crippen LogP contribution is -2.38. The Hall–Kier alpha value is -1.37. The van der Waals surface area contributed by atoms with Crippen molar-refractivity contribution in [2.75, 3.05) is 6.61 Å². The van der Waals surface area contributed by atoms with E-state index >= 15 is 0 Å². The third-order valence-electron chi connectivity index (χ3n) is 2.29. The number of carbonyl (C=O) groups is 1. The van der Waals surface area contributed by atoms with Crippen molar-refractivity contribution >= 4 is 33.7 Å². The molecule has 1 N–H and O–H groups in total. The maximum Gasteiger partial charge on any atom is 0.323 e. The first-order chi connectivity index (χ1) is 9.34. The van der Waals surface area contributed by atoms with Gasteiger partial charge in [-0.05, 0) is 37.6 Å². The van der Waals surface area contributed by atoms with Crippen LogP contribution in [0.25, 0.3) is 6.08 Å². The topological polar surface area (TPSA) is 72.5 Å². The van der Waals surface area contributed by atoms with E-state index in [1.165, 1.54) is 13.0 Å². The first-order valence-corrected chi connectivity index (χ1v) is 7.89. The van der Waals surface area contributed by atoms with Gasteiger partial charge in [0, 0.05) is 10.4 Å². The molecule has 20 heavy (non-hydrogen) atoms. The minimum absolute atomic E-state index is 0.200. The predicted molar refractivity (Wildman–Crippen MR) is 78.6 cm³/mol. The van der Waals surface area contributed by atoms with E-state index in [1.54, 1.807) is 31.2 Å². The number of halogens is 1. The fourth-order valence-electron chi connectivity index (χ4n) is 1.34. The van der Waals surface area contributed by atoms with Gasteiger partial charge in [-0.3, -0.25) is 4.79 Å². The van der Waals surface area contributed by atoms with E-state index in [0.29, 0.717) is 10.6 Å². The monoisotopic (exact) mass is 317 g/mol. The summed E-state index contributed by atoms with van der Waals surface area (Å²) in [6, 6.07) is 5.74. The van der Waals surface area contributed by atoms with Gasteiger partial charge >= 0.3 is 5.97 Å². The average molecular weight is 318 g/mol. The van der Waals surface area contributed by atoms with Crippen LogP contribution in [0.1, 0.15) is 19.4 Å². The van der Waals surface area contributed by atoms with Gasteiger partial charge in [-0.1, -0.05) is 23.7 Å². The van der Waals surface area contributed by atoms with E-state index in [9.17, 15) is 13.2 Å². The van der Waals surface area contributed by atoms with E-state index in [2.05, 4.69) is 4.72 Å². The Morgan fingerprint density at radius 2 is 2.00 bits per heavy atom. The second-order valence-corrected chi connectivity index (χ2v) is 6.03. The molecule has 0 aliphatic heterocycles. The van der Waals surface area contributed by atoms with E-state index in [0.717, 1.165) is 5.41 Å². The van der Waals surface area contributed by atoms with Crippen LogP contribution in [-0.4, -0.2) is 27.0 Å². The van der Waals surface area contributed by atoms with E-state index in [-0.39, 0.29) is 6.61 Å². The van der Waals surface area contributed by atoms with Gasteiger partial charge in [0.25, 0.3) is 0 Å². The van der Waals surface area contributed by atoms with Crippen LogP contribution >= 0.6 is 11.6 Å². The molecule has 110 valence electrons. The van der Waals surface area contributed by atoms with Gasteiger partial charge in [-0.2, -0.15) is 4.72 Å². The van der Waals surface area contributed by atoms with Crippen molar-refractivity contribution < 1.29 is 17.9 Å². The van der Waals surface area contributed by atoms with Gasteiger partial charge in [0.05, 0.1) is 6.61 Å². The van der Waals surface area contributed by atoms with Crippen LogP contribution in [0.2, 0.25) is 5.02 Å². The summed E-state index contributed by atoms with van der Waals surface area (Å²) in [6.45, 7) is 3.27. The lowest BCUT2D eigenvalue weighted by Gasteiger charge is -2.10. The van der Waals surface area contributed by atoms with Crippen LogP contribution in [0.5, 0.6) is 0 Å². The van der Waals surface area contributed by atoms with E-state index in [1.807, 2.05) is 0 Å². The van der Waals surface area contributed by atoms with E-state index in [4.69, 9.17) is 16.3 Å². The van der Waals surface area contributed by atoms with Crippen molar-refractivity contribution in [3.05, 3.63) is 40.3 Å². The summed E-state index contributed by atoms with van der Waals surface area (Å²) in [5.74, 6) is -0.615. The molecular formula is C13H16ClNO4S. The van der Waals surface area contributed by atoms with Crippen LogP contribution in [0.4, 0.5) is 0 Å². The molecule has 0 aromatic heterocycles. The number of ether oxygens (including phenoxy) is 1. The molecule has 1 atom stereocenters. The van der Waals surface area contributed by atoms with Gasteiger partial charge < -0.3 is 4.74 Å². The van der Waals surface area contributed by atoms with Crippen molar-refractivity contribution in [2.24, 2.45) is 0 Å². The fourth-order valence-corrected chi connectivity index (χ4v) is 2.47. The van der Waals surface area contributed by atoms with Crippen LogP contribution in [0.15, 0.2) is 29.7 Å². The van der Waals surface area contributed by atoms with E-state index < -0.39 is 22.0 Å². The number of nitrogens with one attached hydrogen (secondary N) is 1. The molecule has 1 aromatic rings. The Morgan fingerprint density at radius 1 is 1.40 bits per heavy atom. The summed E-state index contributed by atoms with van der Waals surface area (Å²) in [7, 11) is -3.72. The second kappa shape index (κ2) is 7.42. The third-order valence-corrected chi connectivity index (χ3v) is 3.72.